The molecule has 3 rings (SSSR count). The third kappa shape index (κ3) is 4.11. The summed E-state index contributed by atoms with van der Waals surface area (Å²) in [7, 11) is 1.76. The summed E-state index contributed by atoms with van der Waals surface area (Å²) in [5.41, 5.74) is 7.46. The molecule has 140 valence electrons. The maximum absolute atomic E-state index is 12.8. The Hall–Kier alpha value is -3.28. The fourth-order valence-electron chi connectivity index (χ4n) is 2.99. The highest BCUT2D eigenvalue weighted by Crippen LogP contribution is 2.27. The van der Waals surface area contributed by atoms with E-state index in [4.69, 9.17) is 14.9 Å². The summed E-state index contributed by atoms with van der Waals surface area (Å²) in [6.45, 7) is 2.30. The molecule has 0 fully saturated rings. The lowest BCUT2D eigenvalue weighted by molar-refractivity contribution is -0.119. The summed E-state index contributed by atoms with van der Waals surface area (Å²) in [6, 6.07) is 14.5. The van der Waals surface area contributed by atoms with Gasteiger partial charge in [0.15, 0.2) is 6.61 Å². The molecule has 0 aliphatic carbocycles. The summed E-state index contributed by atoms with van der Waals surface area (Å²) >= 11 is 0. The first-order valence-electron chi connectivity index (χ1n) is 8.75. The van der Waals surface area contributed by atoms with Crippen molar-refractivity contribution in [1.29, 1.82) is 0 Å². The van der Waals surface area contributed by atoms with Crippen LogP contribution >= 0.6 is 0 Å². The van der Waals surface area contributed by atoms with Gasteiger partial charge in [0, 0.05) is 36.5 Å². The number of amides is 2. The molecule has 3 aromatic rings. The van der Waals surface area contributed by atoms with Crippen molar-refractivity contribution in [3.8, 4) is 5.75 Å². The van der Waals surface area contributed by atoms with Gasteiger partial charge in [-0.2, -0.15) is 0 Å². The molecule has 0 radical (unpaired) electrons. The minimum absolute atomic E-state index is 0.108. The number of carbonyl (C=O) groups is 2. The molecular weight excluding hydrogens is 344 g/mol. The number of primary amides is 1. The van der Waals surface area contributed by atoms with Gasteiger partial charge in [-0.05, 0) is 30.3 Å². The molecule has 0 bridgehead atoms. The van der Waals surface area contributed by atoms with Crippen LogP contribution in [0.2, 0.25) is 0 Å². The van der Waals surface area contributed by atoms with Crippen LogP contribution in [0, 0.1) is 0 Å². The van der Waals surface area contributed by atoms with Gasteiger partial charge in [-0.1, -0.05) is 25.1 Å². The van der Waals surface area contributed by atoms with Gasteiger partial charge in [-0.3, -0.25) is 9.59 Å². The molecule has 2 N–H and O–H groups in total. The van der Waals surface area contributed by atoms with Crippen LogP contribution in [0.25, 0.3) is 11.0 Å². The lowest BCUT2D eigenvalue weighted by Gasteiger charge is -2.17. The van der Waals surface area contributed by atoms with Crippen LogP contribution in [0.5, 0.6) is 5.75 Å². The van der Waals surface area contributed by atoms with Crippen LogP contribution in [-0.2, 0) is 17.8 Å². The van der Waals surface area contributed by atoms with E-state index in [1.165, 1.54) is 0 Å². The Kier molecular flexibility index (Phi) is 5.45. The summed E-state index contributed by atoms with van der Waals surface area (Å²) < 4.78 is 11.1. The van der Waals surface area contributed by atoms with E-state index in [2.05, 4.69) is 0 Å². The van der Waals surface area contributed by atoms with Gasteiger partial charge in [-0.15, -0.1) is 0 Å². The van der Waals surface area contributed by atoms with Crippen molar-refractivity contribution in [1.82, 2.24) is 4.90 Å². The molecular formula is C21H22N2O4. The van der Waals surface area contributed by atoms with E-state index in [9.17, 15) is 9.59 Å². The van der Waals surface area contributed by atoms with Crippen LogP contribution in [0.3, 0.4) is 0 Å². The van der Waals surface area contributed by atoms with Gasteiger partial charge >= 0.3 is 0 Å². The Balaban J connectivity index is 1.75. The van der Waals surface area contributed by atoms with Gasteiger partial charge in [0.2, 0.25) is 0 Å². The number of benzene rings is 2. The summed E-state index contributed by atoms with van der Waals surface area (Å²) in [5, 5.41) is 1.03. The quantitative estimate of drug-likeness (QED) is 0.696. The van der Waals surface area contributed by atoms with Gasteiger partial charge in [0.1, 0.15) is 17.1 Å². The minimum Gasteiger partial charge on any atom is -0.484 e. The smallest absolute Gasteiger partial charge is 0.255 e. The molecule has 0 unspecified atom stereocenters. The zero-order valence-corrected chi connectivity index (χ0v) is 15.4. The van der Waals surface area contributed by atoms with Crippen LogP contribution in [-0.4, -0.2) is 30.4 Å². The predicted molar refractivity (Wildman–Crippen MR) is 103 cm³/mol. The standard InChI is InChI=1S/C21H22N2O4/c1-3-18-17(16-6-4-5-7-19(16)27-18)12-23(2)21(25)14-8-10-15(11-9-14)26-13-20(22)24/h4-11H,3,12-13H2,1-2H3,(H2,22,24). The average molecular weight is 366 g/mol. The number of furan rings is 1. The van der Waals surface area contributed by atoms with E-state index in [1.807, 2.05) is 31.2 Å². The first kappa shape index (κ1) is 18.5. The fraction of sp³-hybridized carbons (Fsp3) is 0.238. The number of ether oxygens (including phenoxy) is 1. The molecule has 1 aromatic heterocycles. The van der Waals surface area contributed by atoms with Gasteiger partial charge in [-0.25, -0.2) is 0 Å². The topological polar surface area (TPSA) is 85.8 Å². The van der Waals surface area contributed by atoms with Crippen molar-refractivity contribution in [2.75, 3.05) is 13.7 Å². The SMILES string of the molecule is CCc1oc2ccccc2c1CN(C)C(=O)c1ccc(OCC(N)=O)cc1. The molecule has 0 atom stereocenters. The highest BCUT2D eigenvalue weighted by Gasteiger charge is 2.18. The number of para-hydroxylation sites is 1. The van der Waals surface area contributed by atoms with Crippen molar-refractivity contribution >= 4 is 22.8 Å². The Bertz CT molecular complexity index is 960. The van der Waals surface area contributed by atoms with Gasteiger partial charge < -0.3 is 19.8 Å². The minimum atomic E-state index is -0.547. The first-order valence-corrected chi connectivity index (χ1v) is 8.75. The number of carbonyl (C=O) groups excluding carboxylic acids is 2. The molecule has 0 saturated carbocycles. The molecule has 27 heavy (non-hydrogen) atoms. The molecule has 1 heterocycles. The summed E-state index contributed by atoms with van der Waals surface area (Å²) in [6.07, 6.45) is 0.762. The molecule has 6 nitrogen and oxygen atoms in total. The van der Waals surface area contributed by atoms with Crippen LogP contribution < -0.4 is 10.5 Å². The molecule has 0 aliphatic rings. The second-order valence-corrected chi connectivity index (χ2v) is 6.29. The number of aryl methyl sites for hydroxylation is 1. The zero-order chi connectivity index (χ0) is 19.4. The molecule has 6 heteroatoms. The largest absolute Gasteiger partial charge is 0.484 e. The van der Waals surface area contributed by atoms with Crippen molar-refractivity contribution in [2.45, 2.75) is 19.9 Å². The Morgan fingerprint density at radius 1 is 1.11 bits per heavy atom. The first-order chi connectivity index (χ1) is 13.0. The third-order valence-corrected chi connectivity index (χ3v) is 4.33. The number of hydrogen-bond donors (Lipinski definition) is 1. The number of fused-ring (bicyclic) bond motifs is 1. The highest BCUT2D eigenvalue weighted by atomic mass is 16.5. The average Bonchev–Trinajstić information content (AvgIpc) is 3.04. The molecule has 2 aromatic carbocycles. The van der Waals surface area contributed by atoms with Crippen LogP contribution in [0.15, 0.2) is 52.9 Å². The molecule has 0 spiro atoms. The third-order valence-electron chi connectivity index (χ3n) is 4.33. The molecule has 0 aliphatic heterocycles. The predicted octanol–water partition coefficient (Wildman–Crippen LogP) is 3.13. The van der Waals surface area contributed by atoms with Crippen molar-refractivity contribution in [3.05, 3.63) is 65.4 Å². The highest BCUT2D eigenvalue weighted by molar-refractivity contribution is 5.94. The Morgan fingerprint density at radius 2 is 1.81 bits per heavy atom. The Morgan fingerprint density at radius 3 is 2.48 bits per heavy atom. The van der Waals surface area contributed by atoms with Crippen LogP contribution in [0.4, 0.5) is 0 Å². The normalized spacial score (nSPS) is 10.7. The zero-order valence-electron chi connectivity index (χ0n) is 15.4. The van der Waals surface area contributed by atoms with E-state index in [1.54, 1.807) is 36.2 Å². The van der Waals surface area contributed by atoms with Crippen molar-refractivity contribution < 1.29 is 18.7 Å². The van der Waals surface area contributed by atoms with E-state index < -0.39 is 5.91 Å². The number of nitrogens with two attached hydrogens (primary N) is 1. The number of nitrogens with zero attached hydrogens (tertiary/aromatic N) is 1. The fourth-order valence-corrected chi connectivity index (χ4v) is 2.99. The van der Waals surface area contributed by atoms with E-state index in [0.29, 0.717) is 17.9 Å². The number of hydrogen-bond acceptors (Lipinski definition) is 4. The second kappa shape index (κ2) is 7.95. The van der Waals surface area contributed by atoms with E-state index in [-0.39, 0.29) is 12.5 Å². The Labute approximate surface area is 157 Å². The lowest BCUT2D eigenvalue weighted by Crippen LogP contribution is -2.26. The van der Waals surface area contributed by atoms with Crippen LogP contribution in [0.1, 0.15) is 28.6 Å². The van der Waals surface area contributed by atoms with E-state index >= 15 is 0 Å². The molecule has 0 saturated heterocycles. The second-order valence-electron chi connectivity index (χ2n) is 6.29. The van der Waals surface area contributed by atoms with Gasteiger partial charge in [0.05, 0.1) is 0 Å². The van der Waals surface area contributed by atoms with Crippen molar-refractivity contribution in [2.24, 2.45) is 5.73 Å². The van der Waals surface area contributed by atoms with Crippen molar-refractivity contribution in [3.63, 3.8) is 0 Å². The summed E-state index contributed by atoms with van der Waals surface area (Å²) in [4.78, 5) is 25.2. The number of rotatable bonds is 7. The van der Waals surface area contributed by atoms with E-state index in [0.717, 1.165) is 28.7 Å². The lowest BCUT2D eigenvalue weighted by atomic mass is 10.1. The maximum Gasteiger partial charge on any atom is 0.255 e. The molecule has 2 amide bonds. The maximum atomic E-state index is 12.8. The summed E-state index contributed by atoms with van der Waals surface area (Å²) in [5.74, 6) is 0.728. The monoisotopic (exact) mass is 366 g/mol. The van der Waals surface area contributed by atoms with Gasteiger partial charge in [0.25, 0.3) is 11.8 Å².